The molecule has 1 fully saturated rings. The summed E-state index contributed by atoms with van der Waals surface area (Å²) in [6, 6.07) is 0.359. The molecule has 0 aromatic heterocycles. The van der Waals surface area contributed by atoms with E-state index in [9.17, 15) is 4.79 Å². The van der Waals surface area contributed by atoms with Crippen LogP contribution in [-0.4, -0.2) is 41.7 Å². The Balaban J connectivity index is 2.37. The van der Waals surface area contributed by atoms with Gasteiger partial charge >= 0.3 is 0 Å². The van der Waals surface area contributed by atoms with Gasteiger partial charge in [0.05, 0.1) is 13.2 Å². The molecule has 1 aliphatic rings. The fourth-order valence-electron chi connectivity index (χ4n) is 1.12. The number of nitrogens with zero attached hydrogens (tertiary/aromatic N) is 1. The van der Waals surface area contributed by atoms with Crippen molar-refractivity contribution in [3.05, 3.63) is 0 Å². The molecule has 4 heteroatoms. The second-order valence-corrected chi connectivity index (χ2v) is 2.75. The van der Waals surface area contributed by atoms with Crippen LogP contribution in [0.5, 0.6) is 0 Å². The van der Waals surface area contributed by atoms with Crippen molar-refractivity contribution in [2.75, 3.05) is 19.7 Å². The summed E-state index contributed by atoms with van der Waals surface area (Å²) >= 11 is 0. The number of aliphatic hydroxyl groups excluding tert-OH is 1. The van der Waals surface area contributed by atoms with E-state index < -0.39 is 0 Å². The summed E-state index contributed by atoms with van der Waals surface area (Å²) in [5.74, 6) is -0.0541. The number of nitrogens with two attached hydrogens (primary N) is 1. The second-order valence-electron chi connectivity index (χ2n) is 2.75. The molecule has 1 aliphatic carbocycles. The number of carbonyl (C=O) groups excluding carboxylic acids is 1. The van der Waals surface area contributed by atoms with E-state index in [1.165, 1.54) is 0 Å². The number of hydrogen-bond donors (Lipinski definition) is 2. The van der Waals surface area contributed by atoms with Crippen LogP contribution in [0.3, 0.4) is 0 Å². The maximum Gasteiger partial charge on any atom is 0.236 e. The van der Waals surface area contributed by atoms with Crippen LogP contribution >= 0.6 is 0 Å². The number of rotatable bonds is 4. The van der Waals surface area contributed by atoms with Crippen molar-refractivity contribution >= 4 is 5.91 Å². The summed E-state index contributed by atoms with van der Waals surface area (Å²) in [6.45, 7) is 0.513. The standard InChI is InChI=1S/C7H14N2O2/c8-5-7(11)9(3-4-10)6-1-2-6/h6,10H,1-5,8H2. The van der Waals surface area contributed by atoms with E-state index in [1.54, 1.807) is 4.90 Å². The highest BCUT2D eigenvalue weighted by Gasteiger charge is 2.31. The summed E-state index contributed by atoms with van der Waals surface area (Å²) in [4.78, 5) is 12.7. The molecule has 0 aliphatic heterocycles. The third kappa shape index (κ3) is 2.17. The zero-order valence-corrected chi connectivity index (χ0v) is 6.49. The van der Waals surface area contributed by atoms with Crippen LogP contribution < -0.4 is 5.73 Å². The molecule has 0 radical (unpaired) electrons. The summed E-state index contributed by atoms with van der Waals surface area (Å²) in [5, 5.41) is 8.62. The van der Waals surface area contributed by atoms with Crippen LogP contribution in [0, 0.1) is 0 Å². The van der Waals surface area contributed by atoms with Crippen molar-refractivity contribution in [1.82, 2.24) is 4.90 Å². The molecular formula is C7H14N2O2. The van der Waals surface area contributed by atoms with Crippen molar-refractivity contribution in [2.45, 2.75) is 18.9 Å². The van der Waals surface area contributed by atoms with Gasteiger partial charge in [0.2, 0.25) is 5.91 Å². The quantitative estimate of drug-likeness (QED) is 0.547. The Morgan fingerprint density at radius 2 is 2.27 bits per heavy atom. The number of carbonyl (C=O) groups is 1. The van der Waals surface area contributed by atoms with Crippen LogP contribution in [0.15, 0.2) is 0 Å². The Morgan fingerprint density at radius 1 is 1.64 bits per heavy atom. The topological polar surface area (TPSA) is 66.6 Å². The van der Waals surface area contributed by atoms with E-state index in [1.807, 2.05) is 0 Å². The van der Waals surface area contributed by atoms with Gasteiger partial charge in [-0.1, -0.05) is 0 Å². The highest BCUT2D eigenvalue weighted by atomic mass is 16.3. The van der Waals surface area contributed by atoms with Gasteiger partial charge in [-0.15, -0.1) is 0 Å². The molecule has 0 unspecified atom stereocenters. The van der Waals surface area contributed by atoms with Gasteiger partial charge in [0.25, 0.3) is 0 Å². The fraction of sp³-hybridized carbons (Fsp3) is 0.857. The summed E-state index contributed by atoms with van der Waals surface area (Å²) < 4.78 is 0. The average Bonchev–Trinajstić information content (AvgIpc) is 2.81. The van der Waals surface area contributed by atoms with Gasteiger partial charge in [0, 0.05) is 12.6 Å². The minimum Gasteiger partial charge on any atom is -0.395 e. The zero-order valence-electron chi connectivity index (χ0n) is 6.49. The van der Waals surface area contributed by atoms with Gasteiger partial charge < -0.3 is 15.7 Å². The molecule has 0 aromatic carbocycles. The zero-order chi connectivity index (χ0) is 8.27. The third-order valence-corrected chi connectivity index (χ3v) is 1.82. The Bertz CT molecular complexity index is 145. The molecule has 1 rings (SSSR count). The lowest BCUT2D eigenvalue weighted by atomic mass is 10.4. The maximum atomic E-state index is 11.1. The summed E-state index contributed by atoms with van der Waals surface area (Å²) in [5.41, 5.74) is 5.20. The molecule has 0 aromatic rings. The first kappa shape index (κ1) is 8.49. The molecule has 0 bridgehead atoms. The Hall–Kier alpha value is -0.610. The SMILES string of the molecule is NCC(=O)N(CCO)C1CC1. The average molecular weight is 158 g/mol. The second kappa shape index (κ2) is 3.69. The van der Waals surface area contributed by atoms with Crippen LogP contribution in [-0.2, 0) is 4.79 Å². The van der Waals surface area contributed by atoms with Gasteiger partial charge in [-0.3, -0.25) is 4.79 Å². The van der Waals surface area contributed by atoms with Crippen LogP contribution in [0.25, 0.3) is 0 Å². The lowest BCUT2D eigenvalue weighted by Gasteiger charge is -2.19. The monoisotopic (exact) mass is 158 g/mol. The minimum atomic E-state index is -0.0541. The van der Waals surface area contributed by atoms with E-state index in [0.717, 1.165) is 12.8 Å². The number of hydrogen-bond acceptors (Lipinski definition) is 3. The van der Waals surface area contributed by atoms with E-state index >= 15 is 0 Å². The molecule has 11 heavy (non-hydrogen) atoms. The van der Waals surface area contributed by atoms with Crippen LogP contribution in [0.1, 0.15) is 12.8 Å². The van der Waals surface area contributed by atoms with Crippen molar-refractivity contribution in [1.29, 1.82) is 0 Å². The van der Waals surface area contributed by atoms with E-state index in [4.69, 9.17) is 10.8 Å². The van der Waals surface area contributed by atoms with Crippen LogP contribution in [0.4, 0.5) is 0 Å². The maximum absolute atomic E-state index is 11.1. The summed E-state index contributed by atoms with van der Waals surface area (Å²) in [6.07, 6.45) is 2.12. The Labute approximate surface area is 66.0 Å². The molecule has 0 atom stereocenters. The van der Waals surface area contributed by atoms with E-state index in [0.29, 0.717) is 12.6 Å². The molecule has 0 spiro atoms. The highest BCUT2D eigenvalue weighted by molar-refractivity contribution is 5.78. The third-order valence-electron chi connectivity index (χ3n) is 1.82. The van der Waals surface area contributed by atoms with Gasteiger partial charge in [-0.25, -0.2) is 0 Å². The van der Waals surface area contributed by atoms with Gasteiger partial charge in [-0.2, -0.15) is 0 Å². The van der Waals surface area contributed by atoms with Crippen molar-refractivity contribution in [2.24, 2.45) is 5.73 Å². The Kier molecular flexibility index (Phi) is 2.84. The van der Waals surface area contributed by atoms with Crippen molar-refractivity contribution in [3.63, 3.8) is 0 Å². The fourth-order valence-corrected chi connectivity index (χ4v) is 1.12. The van der Waals surface area contributed by atoms with Crippen LogP contribution in [0.2, 0.25) is 0 Å². The first-order chi connectivity index (χ1) is 5.29. The lowest BCUT2D eigenvalue weighted by molar-refractivity contribution is -0.130. The van der Waals surface area contributed by atoms with Crippen molar-refractivity contribution < 1.29 is 9.90 Å². The molecular weight excluding hydrogens is 144 g/mol. The van der Waals surface area contributed by atoms with Gasteiger partial charge in [0.1, 0.15) is 0 Å². The Morgan fingerprint density at radius 3 is 2.64 bits per heavy atom. The summed E-state index contributed by atoms with van der Waals surface area (Å²) in [7, 11) is 0. The molecule has 4 nitrogen and oxygen atoms in total. The predicted molar refractivity (Wildman–Crippen MR) is 40.9 cm³/mol. The lowest BCUT2D eigenvalue weighted by Crippen LogP contribution is -2.39. The molecule has 64 valence electrons. The first-order valence-corrected chi connectivity index (χ1v) is 3.90. The molecule has 3 N–H and O–H groups in total. The van der Waals surface area contributed by atoms with E-state index in [-0.39, 0.29) is 19.1 Å². The van der Waals surface area contributed by atoms with Crippen molar-refractivity contribution in [3.8, 4) is 0 Å². The number of amides is 1. The molecule has 0 saturated heterocycles. The van der Waals surface area contributed by atoms with Gasteiger partial charge in [0.15, 0.2) is 0 Å². The molecule has 1 amide bonds. The van der Waals surface area contributed by atoms with Gasteiger partial charge in [-0.05, 0) is 12.8 Å². The highest BCUT2D eigenvalue weighted by Crippen LogP contribution is 2.26. The predicted octanol–water partition coefficient (Wildman–Crippen LogP) is -1.07. The number of aliphatic hydroxyl groups is 1. The normalized spacial score (nSPS) is 16.5. The largest absolute Gasteiger partial charge is 0.395 e. The molecule has 0 heterocycles. The first-order valence-electron chi connectivity index (χ1n) is 3.90. The minimum absolute atomic E-state index is 0.0300. The smallest absolute Gasteiger partial charge is 0.236 e. The van der Waals surface area contributed by atoms with E-state index in [2.05, 4.69) is 0 Å². The molecule has 1 saturated carbocycles.